The topological polar surface area (TPSA) is 56.4 Å². The summed E-state index contributed by atoms with van der Waals surface area (Å²) in [6, 6.07) is 6.31. The van der Waals surface area contributed by atoms with E-state index in [0.29, 0.717) is 24.2 Å². The van der Waals surface area contributed by atoms with Crippen LogP contribution in [0.2, 0.25) is 0 Å². The van der Waals surface area contributed by atoms with Gasteiger partial charge in [-0.05, 0) is 50.5 Å². The van der Waals surface area contributed by atoms with Crippen LogP contribution >= 0.6 is 0 Å². The fourth-order valence-corrected chi connectivity index (χ4v) is 5.31. The average molecular weight is 385 g/mol. The van der Waals surface area contributed by atoms with Crippen LogP contribution in [0.5, 0.6) is 0 Å². The molecule has 150 valence electrons. The molecule has 2 heterocycles. The van der Waals surface area contributed by atoms with E-state index in [1.165, 1.54) is 18.6 Å². The highest BCUT2D eigenvalue weighted by atomic mass is 19.1. The molecular formula is C22H28FN3O2. The molecule has 28 heavy (non-hydrogen) atoms. The summed E-state index contributed by atoms with van der Waals surface area (Å²) in [7, 11) is 0. The van der Waals surface area contributed by atoms with Crippen molar-refractivity contribution in [2.24, 2.45) is 0 Å². The van der Waals surface area contributed by atoms with Crippen LogP contribution in [0, 0.1) is 5.82 Å². The number of hydrogen-bond donors (Lipinski definition) is 1. The Hall–Kier alpha value is -2.37. The first-order valence-electron chi connectivity index (χ1n) is 10.3. The number of halogens is 1. The number of amides is 2. The van der Waals surface area contributed by atoms with Crippen LogP contribution < -0.4 is 0 Å². The standard InChI is InChI=1S/C22H28FN3O2/c1-3-25(15(2)27)18-13-22(9-5-4-6-10-22)26(14-18)21(28)20-12-16-11-17(23)7-8-19(16)24-20/h7-8,11-12,18,24H,3-6,9-10,13-14H2,1-2H3/t18-/m1/s1. The van der Waals surface area contributed by atoms with Crippen molar-refractivity contribution in [3.05, 3.63) is 35.8 Å². The lowest BCUT2D eigenvalue weighted by molar-refractivity contribution is -0.130. The van der Waals surface area contributed by atoms with Gasteiger partial charge >= 0.3 is 0 Å². The Morgan fingerprint density at radius 2 is 2.00 bits per heavy atom. The van der Waals surface area contributed by atoms with E-state index >= 15 is 0 Å². The second-order valence-electron chi connectivity index (χ2n) is 8.28. The maximum atomic E-state index is 13.5. The van der Waals surface area contributed by atoms with Crippen molar-refractivity contribution in [1.29, 1.82) is 0 Å². The van der Waals surface area contributed by atoms with Gasteiger partial charge in [0, 0.05) is 36.5 Å². The summed E-state index contributed by atoms with van der Waals surface area (Å²) in [5.74, 6) is -0.287. The third kappa shape index (κ3) is 3.19. The Balaban J connectivity index is 1.67. The third-order valence-corrected chi connectivity index (χ3v) is 6.61. The minimum absolute atomic E-state index is 0.0411. The van der Waals surface area contributed by atoms with E-state index in [9.17, 15) is 14.0 Å². The quantitative estimate of drug-likeness (QED) is 0.865. The van der Waals surface area contributed by atoms with Gasteiger partial charge in [-0.25, -0.2) is 4.39 Å². The number of aromatic nitrogens is 1. The Labute approximate surface area is 164 Å². The van der Waals surface area contributed by atoms with Gasteiger partial charge in [-0.3, -0.25) is 9.59 Å². The van der Waals surface area contributed by atoms with E-state index in [2.05, 4.69) is 4.98 Å². The number of likely N-dealkylation sites (tertiary alicyclic amines) is 1. The number of hydrogen-bond acceptors (Lipinski definition) is 2. The number of H-pyrrole nitrogens is 1. The number of rotatable bonds is 3. The van der Waals surface area contributed by atoms with E-state index in [1.807, 2.05) is 16.7 Å². The number of benzene rings is 1. The van der Waals surface area contributed by atoms with Crippen LogP contribution in [0.3, 0.4) is 0 Å². The maximum Gasteiger partial charge on any atom is 0.270 e. The van der Waals surface area contributed by atoms with Gasteiger partial charge in [-0.2, -0.15) is 0 Å². The minimum atomic E-state index is -0.310. The number of aromatic amines is 1. The molecule has 1 aromatic carbocycles. The molecule has 5 nitrogen and oxygen atoms in total. The molecule has 1 saturated carbocycles. The molecule has 1 aliphatic heterocycles. The summed E-state index contributed by atoms with van der Waals surface area (Å²) in [5, 5.41) is 0.704. The van der Waals surface area contributed by atoms with E-state index < -0.39 is 0 Å². The molecule has 1 aromatic heterocycles. The lowest BCUT2D eigenvalue weighted by Crippen LogP contribution is -2.48. The van der Waals surface area contributed by atoms with Crippen molar-refractivity contribution in [2.75, 3.05) is 13.1 Å². The van der Waals surface area contributed by atoms with Crippen LogP contribution in [0.15, 0.2) is 24.3 Å². The molecule has 0 bridgehead atoms. The number of carbonyl (C=O) groups excluding carboxylic acids is 2. The SMILES string of the molecule is CCN(C(C)=O)[C@H]1CN(C(=O)c2cc3cc(F)ccc3[nH]2)C2(CCCCC2)C1. The lowest BCUT2D eigenvalue weighted by atomic mass is 9.79. The molecule has 1 spiro atoms. The number of likely N-dealkylation sites (N-methyl/N-ethyl adjacent to an activating group) is 1. The predicted octanol–water partition coefficient (Wildman–Crippen LogP) is 4.09. The second kappa shape index (κ2) is 7.22. The summed E-state index contributed by atoms with van der Waals surface area (Å²) in [6.45, 7) is 4.82. The monoisotopic (exact) mass is 385 g/mol. The first-order chi connectivity index (χ1) is 13.4. The fourth-order valence-electron chi connectivity index (χ4n) is 5.31. The zero-order valence-electron chi connectivity index (χ0n) is 16.6. The number of carbonyl (C=O) groups is 2. The molecular weight excluding hydrogens is 357 g/mol. The number of fused-ring (bicyclic) bond motifs is 1. The Bertz CT molecular complexity index is 900. The van der Waals surface area contributed by atoms with Gasteiger partial charge in [-0.1, -0.05) is 19.3 Å². The third-order valence-electron chi connectivity index (χ3n) is 6.61. The molecule has 2 amide bonds. The molecule has 4 rings (SSSR count). The Kier molecular flexibility index (Phi) is 4.89. The molecule has 1 saturated heterocycles. The van der Waals surface area contributed by atoms with E-state index in [-0.39, 0.29) is 29.2 Å². The predicted molar refractivity (Wildman–Crippen MR) is 107 cm³/mol. The fraction of sp³-hybridized carbons (Fsp3) is 0.545. The van der Waals surface area contributed by atoms with E-state index in [1.54, 1.807) is 19.1 Å². The van der Waals surface area contributed by atoms with Crippen LogP contribution in [-0.2, 0) is 4.79 Å². The van der Waals surface area contributed by atoms with E-state index in [4.69, 9.17) is 0 Å². The van der Waals surface area contributed by atoms with Gasteiger partial charge in [0.05, 0.1) is 6.04 Å². The molecule has 0 unspecified atom stereocenters. The zero-order valence-corrected chi connectivity index (χ0v) is 16.6. The molecule has 2 fully saturated rings. The second-order valence-corrected chi connectivity index (χ2v) is 8.28. The smallest absolute Gasteiger partial charge is 0.270 e. The highest BCUT2D eigenvalue weighted by Gasteiger charge is 2.50. The van der Waals surface area contributed by atoms with Crippen molar-refractivity contribution >= 4 is 22.7 Å². The molecule has 6 heteroatoms. The van der Waals surface area contributed by atoms with E-state index in [0.717, 1.165) is 37.6 Å². The summed E-state index contributed by atoms with van der Waals surface area (Å²) in [5.41, 5.74) is 1.08. The molecule has 2 aliphatic rings. The lowest BCUT2D eigenvalue weighted by Gasteiger charge is -2.41. The first kappa shape index (κ1) is 19.0. The average Bonchev–Trinajstić information content (AvgIpc) is 3.24. The Morgan fingerprint density at radius 1 is 1.25 bits per heavy atom. The molecule has 1 N–H and O–H groups in total. The van der Waals surface area contributed by atoms with Gasteiger partial charge < -0.3 is 14.8 Å². The van der Waals surface area contributed by atoms with Gasteiger partial charge in [0.1, 0.15) is 11.5 Å². The summed E-state index contributed by atoms with van der Waals surface area (Å²) >= 11 is 0. The normalized spacial score (nSPS) is 21.4. The maximum absolute atomic E-state index is 13.5. The molecule has 1 atom stereocenters. The summed E-state index contributed by atoms with van der Waals surface area (Å²) < 4.78 is 13.5. The van der Waals surface area contributed by atoms with Gasteiger partial charge in [0.15, 0.2) is 0 Å². The van der Waals surface area contributed by atoms with Gasteiger partial charge in [-0.15, -0.1) is 0 Å². The molecule has 1 aliphatic carbocycles. The highest BCUT2D eigenvalue weighted by Crippen LogP contribution is 2.43. The largest absolute Gasteiger partial charge is 0.351 e. The van der Waals surface area contributed by atoms with Crippen LogP contribution in [-0.4, -0.2) is 51.3 Å². The van der Waals surface area contributed by atoms with Crippen LogP contribution in [0.25, 0.3) is 10.9 Å². The zero-order chi connectivity index (χ0) is 19.9. The van der Waals surface area contributed by atoms with Gasteiger partial charge in [0.2, 0.25) is 5.91 Å². The van der Waals surface area contributed by atoms with Crippen molar-refractivity contribution in [2.45, 2.75) is 64.0 Å². The summed E-state index contributed by atoms with van der Waals surface area (Å²) in [6.07, 6.45) is 6.24. The summed E-state index contributed by atoms with van der Waals surface area (Å²) in [4.78, 5) is 32.7. The van der Waals surface area contributed by atoms with Crippen molar-refractivity contribution in [3.63, 3.8) is 0 Å². The minimum Gasteiger partial charge on any atom is -0.351 e. The van der Waals surface area contributed by atoms with Crippen molar-refractivity contribution in [3.8, 4) is 0 Å². The van der Waals surface area contributed by atoms with Crippen LogP contribution in [0.4, 0.5) is 4.39 Å². The molecule has 0 radical (unpaired) electrons. The van der Waals surface area contributed by atoms with Crippen LogP contribution in [0.1, 0.15) is 62.9 Å². The molecule has 2 aromatic rings. The van der Waals surface area contributed by atoms with Gasteiger partial charge in [0.25, 0.3) is 5.91 Å². The van der Waals surface area contributed by atoms with Crippen molar-refractivity contribution in [1.82, 2.24) is 14.8 Å². The van der Waals surface area contributed by atoms with Crippen molar-refractivity contribution < 1.29 is 14.0 Å². The Morgan fingerprint density at radius 3 is 2.68 bits per heavy atom. The first-order valence-corrected chi connectivity index (χ1v) is 10.3. The number of nitrogens with one attached hydrogen (secondary N) is 1. The number of nitrogens with zero attached hydrogens (tertiary/aromatic N) is 2. The highest BCUT2D eigenvalue weighted by molar-refractivity contribution is 5.98.